The number of rotatable bonds is 15. The van der Waals surface area contributed by atoms with Crippen molar-refractivity contribution in [3.8, 4) is 5.75 Å². The third kappa shape index (κ3) is 11.7. The molecule has 2 unspecified atom stereocenters. The number of ether oxygens (including phenoxy) is 1. The Labute approximate surface area is 220 Å². The number of carbonyl (C=O) groups excluding carboxylic acids is 1. The number of benzene rings is 2. The minimum absolute atomic E-state index is 0. The molecule has 2 aromatic carbocycles. The highest BCUT2D eigenvalue weighted by Crippen LogP contribution is 2.13. The maximum atomic E-state index is 12.7. The first-order valence-electron chi connectivity index (χ1n) is 11.8. The van der Waals surface area contributed by atoms with Gasteiger partial charge in [-0.15, -0.1) is 12.4 Å². The van der Waals surface area contributed by atoms with E-state index in [0.29, 0.717) is 19.4 Å². The van der Waals surface area contributed by atoms with Gasteiger partial charge in [0, 0.05) is 13.1 Å². The Bertz CT molecular complexity index is 1020. The Morgan fingerprint density at radius 3 is 2.33 bits per heavy atom. The number of halogens is 1. The lowest BCUT2D eigenvalue weighted by Gasteiger charge is -2.26. The van der Waals surface area contributed by atoms with Crippen LogP contribution in [0.1, 0.15) is 31.4 Å². The summed E-state index contributed by atoms with van der Waals surface area (Å²) in [4.78, 5) is 12.7. The van der Waals surface area contributed by atoms with Crippen LogP contribution in [0.15, 0.2) is 54.6 Å². The zero-order valence-electron chi connectivity index (χ0n) is 21.1. The molecule has 0 aliphatic carbocycles. The third-order valence-electron chi connectivity index (χ3n) is 5.63. The van der Waals surface area contributed by atoms with Crippen LogP contribution in [-0.2, 0) is 27.6 Å². The zero-order valence-corrected chi connectivity index (χ0v) is 22.7. The van der Waals surface area contributed by atoms with Crippen molar-refractivity contribution in [2.75, 3.05) is 25.2 Å². The van der Waals surface area contributed by atoms with Gasteiger partial charge >= 0.3 is 0 Å². The summed E-state index contributed by atoms with van der Waals surface area (Å²) in [7, 11) is -1.99. The molecular weight excluding hydrogens is 504 g/mol. The largest absolute Gasteiger partial charge is 0.497 e. The molecule has 2 aromatic rings. The van der Waals surface area contributed by atoms with Crippen molar-refractivity contribution in [3.05, 3.63) is 65.7 Å². The molecule has 0 saturated carbocycles. The number of aliphatic hydroxyl groups excluding tert-OH is 2. The Morgan fingerprint density at radius 2 is 1.69 bits per heavy atom. The van der Waals surface area contributed by atoms with Gasteiger partial charge in [-0.1, -0.05) is 56.3 Å². The van der Waals surface area contributed by atoms with Gasteiger partial charge in [0.2, 0.25) is 5.91 Å². The van der Waals surface area contributed by atoms with Crippen LogP contribution in [0.4, 0.5) is 0 Å². The van der Waals surface area contributed by atoms with Gasteiger partial charge in [-0.3, -0.25) is 4.79 Å². The third-order valence-corrected chi connectivity index (χ3v) is 7.31. The molecule has 0 saturated heterocycles. The molecule has 0 heterocycles. The molecule has 0 aliphatic heterocycles. The summed E-state index contributed by atoms with van der Waals surface area (Å²) in [5.74, 6) is -0.611. The molecule has 202 valence electrons. The maximum Gasteiger partial charge on any atom is 0.250 e. The van der Waals surface area contributed by atoms with Crippen LogP contribution in [0.3, 0.4) is 0 Å². The van der Waals surface area contributed by atoms with Gasteiger partial charge in [0.05, 0.1) is 30.8 Å². The lowest BCUT2D eigenvalue weighted by atomic mass is 10.0. The number of sulfone groups is 1. The molecule has 8 nitrogen and oxygen atoms in total. The van der Waals surface area contributed by atoms with E-state index >= 15 is 0 Å². The number of hydrogen-bond acceptors (Lipinski definition) is 7. The second-order valence-corrected chi connectivity index (χ2v) is 11.4. The van der Waals surface area contributed by atoms with E-state index in [9.17, 15) is 23.4 Å². The van der Waals surface area contributed by atoms with Crippen molar-refractivity contribution < 1.29 is 28.2 Å². The van der Waals surface area contributed by atoms with Gasteiger partial charge in [-0.05, 0) is 42.0 Å². The average Bonchev–Trinajstić information content (AvgIpc) is 2.82. The summed E-state index contributed by atoms with van der Waals surface area (Å²) in [6, 6.07) is 16.2. The molecule has 0 fully saturated rings. The van der Waals surface area contributed by atoms with Crippen LogP contribution in [0.5, 0.6) is 5.75 Å². The number of aliphatic hydroxyl groups is 2. The Morgan fingerprint density at radius 1 is 1.03 bits per heavy atom. The lowest BCUT2D eigenvalue weighted by molar-refractivity contribution is -0.129. The normalized spacial score (nSPS) is 13.9. The second-order valence-electron chi connectivity index (χ2n) is 9.17. The quantitative estimate of drug-likeness (QED) is 0.272. The summed E-state index contributed by atoms with van der Waals surface area (Å²) in [6.45, 7) is 4.49. The molecule has 2 rings (SSSR count). The summed E-state index contributed by atoms with van der Waals surface area (Å²) in [5, 5.41) is 27.0. The fourth-order valence-corrected chi connectivity index (χ4v) is 5.16. The Hall–Kier alpha value is -2.17. The van der Waals surface area contributed by atoms with E-state index in [1.54, 1.807) is 7.11 Å². The average molecular weight is 543 g/mol. The van der Waals surface area contributed by atoms with E-state index in [0.717, 1.165) is 16.9 Å². The molecule has 0 aliphatic rings. The lowest BCUT2D eigenvalue weighted by Crippen LogP contribution is -2.52. The van der Waals surface area contributed by atoms with Crippen molar-refractivity contribution in [1.29, 1.82) is 0 Å². The van der Waals surface area contributed by atoms with Gasteiger partial charge in [0.1, 0.15) is 11.9 Å². The minimum Gasteiger partial charge on any atom is -0.497 e. The smallest absolute Gasteiger partial charge is 0.250 e. The van der Waals surface area contributed by atoms with Crippen molar-refractivity contribution in [2.24, 2.45) is 5.92 Å². The van der Waals surface area contributed by atoms with Gasteiger partial charge < -0.3 is 25.6 Å². The van der Waals surface area contributed by atoms with Crippen LogP contribution >= 0.6 is 12.4 Å². The van der Waals surface area contributed by atoms with Gasteiger partial charge in [0.25, 0.3) is 0 Å². The highest BCUT2D eigenvalue weighted by atomic mass is 35.5. The summed E-state index contributed by atoms with van der Waals surface area (Å²) < 4.78 is 29.8. The monoisotopic (exact) mass is 542 g/mol. The minimum atomic E-state index is -3.58. The predicted molar refractivity (Wildman–Crippen MR) is 144 cm³/mol. The van der Waals surface area contributed by atoms with Gasteiger partial charge in [-0.25, -0.2) is 8.42 Å². The van der Waals surface area contributed by atoms with Crippen LogP contribution in [0, 0.1) is 5.92 Å². The number of hydrogen-bond donors (Lipinski definition) is 4. The summed E-state index contributed by atoms with van der Waals surface area (Å²) in [6.07, 6.45) is -1.90. The fourth-order valence-electron chi connectivity index (χ4n) is 3.53. The molecule has 36 heavy (non-hydrogen) atoms. The standard InChI is InChI=1S/C26H38N2O6S.ClH/c1-19(2)12-13-35(32,33)18-25(30)26(31)28-23(15-20-8-5-4-6-9-20)24(29)17-27-16-21-10-7-11-22(14-21)34-3;/h4-11,14,19,23-25,27,29-30H,12-13,15-18H2,1-3H3,(H,28,31);1H/t23-,24?,25?;/m0./s1. The predicted octanol–water partition coefficient (Wildman–Crippen LogP) is 2.12. The van der Waals surface area contributed by atoms with Crippen molar-refractivity contribution in [3.63, 3.8) is 0 Å². The Balaban J connectivity index is 0.00000648. The van der Waals surface area contributed by atoms with E-state index in [2.05, 4.69) is 10.6 Å². The van der Waals surface area contributed by atoms with E-state index in [-0.39, 0.29) is 30.6 Å². The number of carbonyl (C=O) groups is 1. The topological polar surface area (TPSA) is 125 Å². The van der Waals surface area contributed by atoms with Crippen LogP contribution in [-0.4, -0.2) is 67.9 Å². The highest BCUT2D eigenvalue weighted by molar-refractivity contribution is 7.91. The number of methoxy groups -OCH3 is 1. The van der Waals surface area contributed by atoms with Crippen LogP contribution < -0.4 is 15.4 Å². The maximum absolute atomic E-state index is 12.7. The summed E-state index contributed by atoms with van der Waals surface area (Å²) >= 11 is 0. The number of nitrogens with one attached hydrogen (secondary N) is 2. The molecule has 0 aromatic heterocycles. The van der Waals surface area contributed by atoms with Crippen molar-refractivity contribution >= 4 is 28.2 Å². The van der Waals surface area contributed by atoms with Gasteiger partial charge in [0.15, 0.2) is 9.84 Å². The van der Waals surface area contributed by atoms with E-state index < -0.39 is 39.7 Å². The highest BCUT2D eigenvalue weighted by Gasteiger charge is 2.28. The van der Waals surface area contributed by atoms with Crippen LogP contribution in [0.2, 0.25) is 0 Å². The Kier molecular flexibility index (Phi) is 14.0. The van der Waals surface area contributed by atoms with E-state index in [4.69, 9.17) is 4.74 Å². The second kappa shape index (κ2) is 15.8. The molecule has 0 radical (unpaired) electrons. The van der Waals surface area contributed by atoms with E-state index in [1.165, 1.54) is 0 Å². The molecular formula is C26H39ClN2O6S. The molecule has 0 spiro atoms. The van der Waals surface area contributed by atoms with Crippen molar-refractivity contribution in [1.82, 2.24) is 10.6 Å². The summed E-state index contributed by atoms with van der Waals surface area (Å²) in [5.41, 5.74) is 1.87. The first-order valence-corrected chi connectivity index (χ1v) is 13.7. The molecule has 0 bridgehead atoms. The molecule has 1 amide bonds. The van der Waals surface area contributed by atoms with Crippen molar-refractivity contribution in [2.45, 2.75) is 51.5 Å². The van der Waals surface area contributed by atoms with Gasteiger partial charge in [-0.2, -0.15) is 0 Å². The molecule has 3 atom stereocenters. The number of amides is 1. The fraction of sp³-hybridized carbons (Fsp3) is 0.500. The molecule has 10 heteroatoms. The molecule has 4 N–H and O–H groups in total. The SMILES string of the molecule is COc1cccc(CNCC(O)[C@H](Cc2ccccc2)NC(=O)C(O)CS(=O)(=O)CCC(C)C)c1.Cl. The first-order chi connectivity index (χ1) is 16.6. The zero-order chi connectivity index (χ0) is 25.8. The van der Waals surface area contributed by atoms with E-state index in [1.807, 2.05) is 68.4 Å². The van der Waals surface area contributed by atoms with Crippen LogP contribution in [0.25, 0.3) is 0 Å². The first kappa shape index (κ1) is 31.9.